The van der Waals surface area contributed by atoms with Crippen molar-refractivity contribution < 1.29 is 29.0 Å². The fourth-order valence-electron chi connectivity index (χ4n) is 2.42. The molecule has 1 aliphatic heterocycles. The molecule has 126 valence electrons. The summed E-state index contributed by atoms with van der Waals surface area (Å²) in [6.07, 6.45) is 6.72. The Kier molecular flexibility index (Phi) is 7.51. The third-order valence-electron chi connectivity index (χ3n) is 3.57. The molecule has 1 N–H and O–H groups in total. The van der Waals surface area contributed by atoms with E-state index in [9.17, 15) is 14.4 Å². The van der Waals surface area contributed by atoms with E-state index in [0.717, 1.165) is 38.5 Å². The van der Waals surface area contributed by atoms with E-state index >= 15 is 0 Å². The Morgan fingerprint density at radius 3 is 1.91 bits per heavy atom. The molecule has 6 nitrogen and oxygen atoms in total. The van der Waals surface area contributed by atoms with E-state index in [2.05, 4.69) is 0 Å². The van der Waals surface area contributed by atoms with Gasteiger partial charge in [-0.1, -0.05) is 32.1 Å². The molecule has 0 aliphatic carbocycles. The predicted molar refractivity (Wildman–Crippen MR) is 78.8 cm³/mol. The molecular weight excluding hydrogens is 288 g/mol. The summed E-state index contributed by atoms with van der Waals surface area (Å²) in [5.74, 6) is -4.76. The molecule has 6 heteroatoms. The Morgan fingerprint density at radius 2 is 1.41 bits per heavy atom. The molecule has 0 aromatic heterocycles. The first-order valence-electron chi connectivity index (χ1n) is 7.96. The van der Waals surface area contributed by atoms with Crippen molar-refractivity contribution in [1.82, 2.24) is 0 Å². The lowest BCUT2D eigenvalue weighted by Gasteiger charge is -2.32. The van der Waals surface area contributed by atoms with Gasteiger partial charge in [0.2, 0.25) is 5.92 Å². The summed E-state index contributed by atoms with van der Waals surface area (Å²) in [4.78, 5) is 35.4. The number of hydrogen-bond acceptors (Lipinski definition) is 6. The van der Waals surface area contributed by atoms with Crippen LogP contribution in [0.1, 0.15) is 65.2 Å². The molecule has 0 bridgehead atoms. The van der Waals surface area contributed by atoms with Gasteiger partial charge < -0.3 is 14.6 Å². The molecule has 0 spiro atoms. The fraction of sp³-hybridized carbons (Fsp3) is 0.812. The first-order valence-corrected chi connectivity index (χ1v) is 7.96. The van der Waals surface area contributed by atoms with E-state index in [1.54, 1.807) is 0 Å². The van der Waals surface area contributed by atoms with Crippen molar-refractivity contribution in [2.24, 2.45) is 5.92 Å². The van der Waals surface area contributed by atoms with E-state index in [4.69, 9.17) is 14.6 Å². The molecule has 1 fully saturated rings. The average Bonchev–Trinajstić information content (AvgIpc) is 2.39. The second-order valence-corrected chi connectivity index (χ2v) is 6.09. The second kappa shape index (κ2) is 8.88. The average molecular weight is 314 g/mol. The van der Waals surface area contributed by atoms with Crippen molar-refractivity contribution >= 4 is 17.7 Å². The van der Waals surface area contributed by atoms with Gasteiger partial charge in [0.25, 0.3) is 5.79 Å². The standard InChI is InChI=1S/C16H26O6/c1-16(2)21-14(19)13(15(20)22-16)12(18)10-8-6-4-3-5-7-9-11-17/h13,17H,3-11H2,1-2H3. The fourth-order valence-corrected chi connectivity index (χ4v) is 2.42. The third kappa shape index (κ3) is 6.13. The Labute approximate surface area is 131 Å². The van der Waals surface area contributed by atoms with Gasteiger partial charge >= 0.3 is 11.9 Å². The molecule has 0 amide bonds. The van der Waals surface area contributed by atoms with Gasteiger partial charge in [-0.15, -0.1) is 0 Å². The SMILES string of the molecule is CC1(C)OC(=O)C(C(=O)CCCCCCCCCO)C(=O)O1. The van der Waals surface area contributed by atoms with Crippen LogP contribution in [0, 0.1) is 5.92 Å². The number of cyclic esters (lactones) is 2. The smallest absolute Gasteiger partial charge is 0.331 e. The van der Waals surface area contributed by atoms with Crippen LogP contribution in [0.5, 0.6) is 0 Å². The van der Waals surface area contributed by atoms with E-state index in [-0.39, 0.29) is 13.0 Å². The molecule has 22 heavy (non-hydrogen) atoms. The molecule has 1 heterocycles. The van der Waals surface area contributed by atoms with E-state index in [1.165, 1.54) is 13.8 Å². The molecule has 0 saturated carbocycles. The molecule has 0 atom stereocenters. The van der Waals surface area contributed by atoms with Gasteiger partial charge in [0, 0.05) is 26.9 Å². The number of aliphatic hydroxyl groups is 1. The summed E-state index contributed by atoms with van der Waals surface area (Å²) < 4.78 is 9.87. The minimum absolute atomic E-state index is 0.186. The molecule has 1 rings (SSSR count). The Balaban J connectivity index is 2.22. The molecule has 0 aromatic carbocycles. The zero-order valence-electron chi connectivity index (χ0n) is 13.4. The van der Waals surface area contributed by atoms with E-state index in [0.29, 0.717) is 6.42 Å². The highest BCUT2D eigenvalue weighted by molar-refractivity contribution is 6.15. The maximum Gasteiger partial charge on any atom is 0.331 e. The van der Waals surface area contributed by atoms with Crippen LogP contribution >= 0.6 is 0 Å². The van der Waals surface area contributed by atoms with Crippen LogP contribution in [0.2, 0.25) is 0 Å². The van der Waals surface area contributed by atoms with Gasteiger partial charge in [-0.2, -0.15) is 0 Å². The molecule has 0 aromatic rings. The Morgan fingerprint density at radius 1 is 0.955 bits per heavy atom. The predicted octanol–water partition coefficient (Wildman–Crippen LogP) is 2.12. The summed E-state index contributed by atoms with van der Waals surface area (Å²) >= 11 is 0. The summed E-state index contributed by atoms with van der Waals surface area (Å²) in [5.41, 5.74) is 0. The maximum atomic E-state index is 12.0. The van der Waals surface area contributed by atoms with Gasteiger partial charge in [-0.3, -0.25) is 14.4 Å². The Hall–Kier alpha value is -1.43. The highest BCUT2D eigenvalue weighted by Crippen LogP contribution is 2.24. The zero-order valence-corrected chi connectivity index (χ0v) is 13.4. The van der Waals surface area contributed by atoms with Crippen molar-refractivity contribution in [2.45, 2.75) is 71.0 Å². The third-order valence-corrected chi connectivity index (χ3v) is 3.57. The van der Waals surface area contributed by atoms with Crippen molar-refractivity contribution in [3.05, 3.63) is 0 Å². The topological polar surface area (TPSA) is 89.9 Å². The van der Waals surface area contributed by atoms with Crippen molar-refractivity contribution in [2.75, 3.05) is 6.61 Å². The minimum Gasteiger partial charge on any atom is -0.422 e. The highest BCUT2D eigenvalue weighted by Gasteiger charge is 2.46. The molecule has 1 aliphatic rings. The zero-order chi connectivity index (χ0) is 16.6. The van der Waals surface area contributed by atoms with Crippen LogP contribution in [0.3, 0.4) is 0 Å². The molecular formula is C16H26O6. The summed E-state index contributed by atoms with van der Waals surface area (Å²) in [6.45, 7) is 3.15. The summed E-state index contributed by atoms with van der Waals surface area (Å²) in [6, 6.07) is 0. The largest absolute Gasteiger partial charge is 0.422 e. The monoisotopic (exact) mass is 314 g/mol. The van der Waals surface area contributed by atoms with E-state index in [1.807, 2.05) is 0 Å². The van der Waals surface area contributed by atoms with Gasteiger partial charge in [-0.25, -0.2) is 0 Å². The van der Waals surface area contributed by atoms with Crippen LogP contribution in [-0.2, 0) is 23.9 Å². The molecule has 0 unspecified atom stereocenters. The minimum atomic E-state index is -1.42. The number of ketones is 1. The normalized spacial score (nSPS) is 18.0. The van der Waals surface area contributed by atoms with Crippen molar-refractivity contribution in [1.29, 1.82) is 0 Å². The first-order chi connectivity index (χ1) is 10.4. The summed E-state index contributed by atoms with van der Waals surface area (Å²) in [7, 11) is 0. The van der Waals surface area contributed by atoms with Crippen LogP contribution in [0.15, 0.2) is 0 Å². The van der Waals surface area contributed by atoms with Crippen LogP contribution < -0.4 is 0 Å². The lowest BCUT2D eigenvalue weighted by molar-refractivity contribution is -0.238. The van der Waals surface area contributed by atoms with Gasteiger partial charge in [-0.05, 0) is 12.8 Å². The lowest BCUT2D eigenvalue weighted by Crippen LogP contribution is -2.49. The lowest BCUT2D eigenvalue weighted by atomic mass is 9.97. The number of aliphatic hydroxyl groups excluding tert-OH is 1. The van der Waals surface area contributed by atoms with Crippen molar-refractivity contribution in [3.8, 4) is 0 Å². The second-order valence-electron chi connectivity index (χ2n) is 6.09. The van der Waals surface area contributed by atoms with Gasteiger partial charge in [0.1, 0.15) is 0 Å². The quantitative estimate of drug-likeness (QED) is 0.377. The van der Waals surface area contributed by atoms with E-state index < -0.39 is 29.4 Å². The number of unbranched alkanes of at least 4 members (excludes halogenated alkanes) is 6. The molecule has 1 saturated heterocycles. The number of ether oxygens (including phenoxy) is 2. The number of rotatable bonds is 10. The van der Waals surface area contributed by atoms with Gasteiger partial charge in [0.05, 0.1) is 0 Å². The van der Waals surface area contributed by atoms with Crippen LogP contribution in [0.25, 0.3) is 0 Å². The highest BCUT2D eigenvalue weighted by atomic mass is 16.7. The van der Waals surface area contributed by atoms with Crippen LogP contribution in [0.4, 0.5) is 0 Å². The number of esters is 2. The summed E-state index contributed by atoms with van der Waals surface area (Å²) in [5, 5.41) is 8.65. The Bertz CT molecular complexity index is 381. The van der Waals surface area contributed by atoms with Crippen LogP contribution in [-0.4, -0.2) is 35.2 Å². The maximum absolute atomic E-state index is 12.0. The number of hydrogen-bond donors (Lipinski definition) is 1. The molecule has 0 radical (unpaired) electrons. The number of carbonyl (C=O) groups excluding carboxylic acids is 3. The number of carbonyl (C=O) groups is 3. The van der Waals surface area contributed by atoms with Crippen molar-refractivity contribution in [3.63, 3.8) is 0 Å². The first kappa shape index (κ1) is 18.6. The number of Topliss-reactive ketones (excluding diaryl/α,β-unsaturated/α-hetero) is 1. The van der Waals surface area contributed by atoms with Gasteiger partial charge in [0.15, 0.2) is 5.78 Å².